The van der Waals surface area contributed by atoms with Gasteiger partial charge in [0.05, 0.1) is 16.2 Å². The molecule has 1 heterocycles. The fourth-order valence-electron chi connectivity index (χ4n) is 2.34. The molecule has 0 saturated heterocycles. The largest absolute Gasteiger partial charge is 0.348 e. The van der Waals surface area contributed by atoms with Crippen molar-refractivity contribution in [2.45, 2.75) is 38.3 Å². The Balaban J connectivity index is 2.26. The Bertz CT molecular complexity index is 808. The van der Waals surface area contributed by atoms with Gasteiger partial charge in [-0.3, -0.25) is 14.9 Å². The summed E-state index contributed by atoms with van der Waals surface area (Å²) in [5.41, 5.74) is 1.44. The summed E-state index contributed by atoms with van der Waals surface area (Å²) in [5, 5.41) is 14.4. The maximum Gasteiger partial charge on any atom is 0.274 e. The third kappa shape index (κ3) is 4.33. The zero-order valence-corrected chi connectivity index (χ0v) is 15.4. The van der Waals surface area contributed by atoms with Crippen molar-refractivity contribution in [3.05, 3.63) is 57.0 Å². The molecule has 0 unspecified atom stereocenters. The third-order valence-electron chi connectivity index (χ3n) is 3.64. The van der Waals surface area contributed by atoms with Crippen molar-refractivity contribution in [1.82, 2.24) is 15.3 Å². The number of aryl methyl sites for hydroxylation is 1. The number of nitro groups is 1. The number of carbonyl (C=O) groups is 1. The van der Waals surface area contributed by atoms with Gasteiger partial charge in [-0.25, -0.2) is 9.97 Å². The number of carbonyl (C=O) groups excluding carboxylic acids is 1. The summed E-state index contributed by atoms with van der Waals surface area (Å²) < 4.78 is 0. The number of thioether (sulfide) groups is 1. The minimum absolute atomic E-state index is 0.0176. The Morgan fingerprint density at radius 1 is 1.32 bits per heavy atom. The van der Waals surface area contributed by atoms with Crippen molar-refractivity contribution in [3.63, 3.8) is 0 Å². The second-order valence-corrected chi connectivity index (χ2v) is 6.57. The topological polar surface area (TPSA) is 98.0 Å². The Kier molecular flexibility index (Phi) is 6.08. The van der Waals surface area contributed by atoms with Crippen LogP contribution < -0.4 is 5.32 Å². The standard InChI is InChI=1S/C17H20N4O3S/c1-10(2)15-19-11(3)14(17(20-15)25-4)16(22)18-9-12-7-5-6-8-13(12)21(23)24/h5-8,10H,9H2,1-4H3,(H,18,22). The Morgan fingerprint density at radius 2 is 2.00 bits per heavy atom. The average molecular weight is 360 g/mol. The van der Waals surface area contributed by atoms with Gasteiger partial charge >= 0.3 is 0 Å². The van der Waals surface area contributed by atoms with Crippen LogP contribution in [0.5, 0.6) is 0 Å². The smallest absolute Gasteiger partial charge is 0.274 e. The van der Waals surface area contributed by atoms with E-state index >= 15 is 0 Å². The summed E-state index contributed by atoms with van der Waals surface area (Å²) in [6, 6.07) is 6.34. The van der Waals surface area contributed by atoms with Crippen LogP contribution in [0.3, 0.4) is 0 Å². The van der Waals surface area contributed by atoms with Crippen molar-refractivity contribution >= 4 is 23.4 Å². The predicted octanol–water partition coefficient (Wildman–Crippen LogP) is 3.47. The van der Waals surface area contributed by atoms with Crippen LogP contribution in [0.2, 0.25) is 0 Å². The van der Waals surface area contributed by atoms with E-state index in [9.17, 15) is 14.9 Å². The molecule has 0 aliphatic carbocycles. The predicted molar refractivity (Wildman–Crippen MR) is 96.9 cm³/mol. The number of benzene rings is 1. The van der Waals surface area contributed by atoms with E-state index in [1.807, 2.05) is 20.1 Å². The van der Waals surface area contributed by atoms with Crippen LogP contribution in [0, 0.1) is 17.0 Å². The highest BCUT2D eigenvalue weighted by Gasteiger charge is 2.20. The molecule has 1 aromatic carbocycles. The molecule has 0 saturated carbocycles. The highest BCUT2D eigenvalue weighted by atomic mass is 32.2. The number of hydrogen-bond donors (Lipinski definition) is 1. The van der Waals surface area contributed by atoms with Crippen LogP contribution in [0.15, 0.2) is 29.3 Å². The Hall–Kier alpha value is -2.48. The van der Waals surface area contributed by atoms with Gasteiger partial charge in [-0.05, 0) is 13.2 Å². The van der Waals surface area contributed by atoms with Gasteiger partial charge in [-0.15, -0.1) is 11.8 Å². The van der Waals surface area contributed by atoms with Gasteiger partial charge in [0, 0.05) is 24.1 Å². The lowest BCUT2D eigenvalue weighted by molar-refractivity contribution is -0.385. The molecule has 8 heteroatoms. The first-order valence-electron chi connectivity index (χ1n) is 7.78. The summed E-state index contributed by atoms with van der Waals surface area (Å²) in [6.45, 7) is 5.82. The molecule has 0 aliphatic heterocycles. The van der Waals surface area contributed by atoms with E-state index in [4.69, 9.17) is 0 Å². The van der Waals surface area contributed by atoms with E-state index in [1.165, 1.54) is 17.8 Å². The Morgan fingerprint density at radius 3 is 2.60 bits per heavy atom. The first-order valence-corrected chi connectivity index (χ1v) is 9.00. The molecular weight excluding hydrogens is 340 g/mol. The van der Waals surface area contributed by atoms with Crippen LogP contribution in [-0.4, -0.2) is 27.1 Å². The van der Waals surface area contributed by atoms with E-state index in [1.54, 1.807) is 25.1 Å². The quantitative estimate of drug-likeness (QED) is 0.367. The van der Waals surface area contributed by atoms with Gasteiger partial charge in [0.1, 0.15) is 10.9 Å². The lowest BCUT2D eigenvalue weighted by Gasteiger charge is -2.13. The van der Waals surface area contributed by atoms with Crippen LogP contribution >= 0.6 is 11.8 Å². The van der Waals surface area contributed by atoms with Gasteiger partial charge in [0.15, 0.2) is 0 Å². The number of amides is 1. The molecule has 0 bridgehead atoms. The molecule has 2 aromatic rings. The highest BCUT2D eigenvalue weighted by Crippen LogP contribution is 2.23. The van der Waals surface area contributed by atoms with E-state index in [0.29, 0.717) is 27.7 Å². The lowest BCUT2D eigenvalue weighted by Crippen LogP contribution is -2.26. The fourth-order valence-corrected chi connectivity index (χ4v) is 2.97. The monoisotopic (exact) mass is 360 g/mol. The van der Waals surface area contributed by atoms with Crippen molar-refractivity contribution in [2.24, 2.45) is 0 Å². The minimum Gasteiger partial charge on any atom is -0.348 e. The minimum atomic E-state index is -0.458. The summed E-state index contributed by atoms with van der Waals surface area (Å²) in [5.74, 6) is 0.515. The highest BCUT2D eigenvalue weighted by molar-refractivity contribution is 7.98. The molecule has 0 atom stereocenters. The first kappa shape index (κ1) is 18.9. The van der Waals surface area contributed by atoms with Crippen molar-refractivity contribution in [1.29, 1.82) is 0 Å². The Labute approximate surface area is 150 Å². The van der Waals surface area contributed by atoms with Crippen molar-refractivity contribution < 1.29 is 9.72 Å². The number of nitro benzene ring substituents is 1. The summed E-state index contributed by atoms with van der Waals surface area (Å²) in [4.78, 5) is 32.1. The number of nitrogens with one attached hydrogen (secondary N) is 1. The molecule has 0 fully saturated rings. The molecule has 1 N–H and O–H groups in total. The van der Waals surface area contributed by atoms with Crippen LogP contribution in [0.25, 0.3) is 0 Å². The second-order valence-electron chi connectivity index (χ2n) is 5.77. The summed E-state index contributed by atoms with van der Waals surface area (Å²) in [6.07, 6.45) is 1.85. The zero-order valence-electron chi connectivity index (χ0n) is 14.6. The molecule has 132 valence electrons. The molecular formula is C17H20N4O3S. The number of nitrogens with zero attached hydrogens (tertiary/aromatic N) is 3. The fraction of sp³-hybridized carbons (Fsp3) is 0.353. The van der Waals surface area contributed by atoms with Gasteiger partial charge in [0.25, 0.3) is 11.6 Å². The normalized spacial score (nSPS) is 10.8. The van der Waals surface area contributed by atoms with E-state index < -0.39 is 4.92 Å². The molecule has 0 aliphatic rings. The van der Waals surface area contributed by atoms with Crippen LogP contribution in [-0.2, 0) is 6.54 Å². The molecule has 1 aromatic heterocycles. The van der Waals surface area contributed by atoms with E-state index in [0.717, 1.165) is 0 Å². The molecule has 7 nitrogen and oxygen atoms in total. The number of aromatic nitrogens is 2. The SMILES string of the molecule is CSc1nc(C(C)C)nc(C)c1C(=O)NCc1ccccc1[N+](=O)[O-]. The molecule has 25 heavy (non-hydrogen) atoms. The molecule has 0 radical (unpaired) electrons. The number of para-hydroxylation sites is 1. The summed E-state index contributed by atoms with van der Waals surface area (Å²) >= 11 is 1.38. The van der Waals surface area contributed by atoms with Crippen LogP contribution in [0.1, 0.15) is 47.2 Å². The van der Waals surface area contributed by atoms with Crippen molar-refractivity contribution in [2.75, 3.05) is 6.26 Å². The van der Waals surface area contributed by atoms with Crippen LogP contribution in [0.4, 0.5) is 5.69 Å². The number of rotatable bonds is 6. The summed E-state index contributed by atoms with van der Waals surface area (Å²) in [7, 11) is 0. The first-order chi connectivity index (χ1) is 11.8. The lowest BCUT2D eigenvalue weighted by atomic mass is 10.1. The maximum atomic E-state index is 12.6. The van der Waals surface area contributed by atoms with Gasteiger partial charge in [-0.1, -0.05) is 32.0 Å². The second kappa shape index (κ2) is 8.06. The number of hydrogen-bond acceptors (Lipinski definition) is 6. The van der Waals surface area contributed by atoms with Gasteiger partial charge < -0.3 is 5.32 Å². The third-order valence-corrected chi connectivity index (χ3v) is 4.32. The average Bonchev–Trinajstić information content (AvgIpc) is 2.58. The molecule has 1 amide bonds. The molecule has 2 rings (SSSR count). The van der Waals surface area contributed by atoms with Gasteiger partial charge in [0.2, 0.25) is 0 Å². The van der Waals surface area contributed by atoms with E-state index in [-0.39, 0.29) is 24.1 Å². The molecule has 0 spiro atoms. The van der Waals surface area contributed by atoms with E-state index in [2.05, 4.69) is 15.3 Å². The maximum absolute atomic E-state index is 12.6. The zero-order chi connectivity index (χ0) is 18.6. The van der Waals surface area contributed by atoms with Crippen molar-refractivity contribution in [3.8, 4) is 0 Å². The van der Waals surface area contributed by atoms with Gasteiger partial charge in [-0.2, -0.15) is 0 Å².